The fourth-order valence-electron chi connectivity index (χ4n) is 1.30. The van der Waals surface area contributed by atoms with Gasteiger partial charge in [0, 0.05) is 6.20 Å². The summed E-state index contributed by atoms with van der Waals surface area (Å²) in [6.45, 7) is 1.79. The maximum absolute atomic E-state index is 10.8. The lowest BCUT2D eigenvalue weighted by molar-refractivity contribution is -0.138. The number of hydrogen-bond donors (Lipinski definition) is 1. The fraction of sp³-hybridized carbons (Fsp3) is 0.300. The van der Waals surface area contributed by atoms with Crippen LogP contribution in [0.25, 0.3) is 0 Å². The Hall–Kier alpha value is -1.71. The Kier molecular flexibility index (Phi) is 3.34. The average molecular weight is 193 g/mol. The number of carboxylic acids is 1. The zero-order valence-electron chi connectivity index (χ0n) is 7.80. The van der Waals surface area contributed by atoms with E-state index < -0.39 is 11.9 Å². The molecule has 74 valence electrons. The molecule has 0 spiro atoms. The molecule has 0 amide bonds. The van der Waals surface area contributed by atoms with E-state index in [0.29, 0.717) is 18.3 Å². The molecule has 1 unspecified atom stereocenters. The van der Waals surface area contributed by atoms with E-state index >= 15 is 0 Å². The third-order valence-corrected chi connectivity index (χ3v) is 2.03. The molecule has 4 nitrogen and oxygen atoms in total. The van der Waals surface area contributed by atoms with Crippen molar-refractivity contribution >= 4 is 12.3 Å². The molecule has 1 atom stereocenters. The molecule has 1 rings (SSSR count). The predicted molar refractivity (Wildman–Crippen MR) is 50.3 cm³/mol. The molecule has 0 aromatic carbocycles. The van der Waals surface area contributed by atoms with Gasteiger partial charge in [0.2, 0.25) is 0 Å². The van der Waals surface area contributed by atoms with Gasteiger partial charge in [0.05, 0.1) is 5.92 Å². The van der Waals surface area contributed by atoms with Crippen LogP contribution in [0.15, 0.2) is 18.3 Å². The van der Waals surface area contributed by atoms with Gasteiger partial charge in [-0.15, -0.1) is 0 Å². The van der Waals surface area contributed by atoms with E-state index in [0.717, 1.165) is 0 Å². The van der Waals surface area contributed by atoms with Gasteiger partial charge in [0.15, 0.2) is 6.29 Å². The second-order valence-electron chi connectivity index (χ2n) is 2.93. The van der Waals surface area contributed by atoms with Crippen molar-refractivity contribution in [3.05, 3.63) is 29.6 Å². The van der Waals surface area contributed by atoms with E-state index in [1.165, 1.54) is 12.3 Å². The third-order valence-electron chi connectivity index (χ3n) is 2.03. The summed E-state index contributed by atoms with van der Waals surface area (Å²) >= 11 is 0. The van der Waals surface area contributed by atoms with E-state index in [1.54, 1.807) is 13.0 Å². The topological polar surface area (TPSA) is 67.3 Å². The quantitative estimate of drug-likeness (QED) is 0.735. The number of rotatable bonds is 4. The first-order valence-electron chi connectivity index (χ1n) is 4.33. The molecule has 1 N–H and O–H groups in total. The van der Waals surface area contributed by atoms with Crippen LogP contribution in [0.3, 0.4) is 0 Å². The summed E-state index contributed by atoms with van der Waals surface area (Å²) in [5, 5.41) is 8.88. The minimum Gasteiger partial charge on any atom is -0.481 e. The number of hydrogen-bond acceptors (Lipinski definition) is 3. The standard InChI is InChI=1S/C10H11NO3/c1-2-9(10(13)14)7-3-4-11-8(5-7)6-12/h3-6,9H,2H2,1H3,(H,13,14). The number of pyridine rings is 1. The molecule has 0 aliphatic carbocycles. The fourth-order valence-corrected chi connectivity index (χ4v) is 1.30. The molecule has 0 bridgehead atoms. The van der Waals surface area contributed by atoms with Crippen LogP contribution in [0.4, 0.5) is 0 Å². The van der Waals surface area contributed by atoms with Gasteiger partial charge in [-0.25, -0.2) is 0 Å². The Balaban J connectivity index is 3.03. The van der Waals surface area contributed by atoms with Gasteiger partial charge in [-0.05, 0) is 24.1 Å². The zero-order valence-corrected chi connectivity index (χ0v) is 7.80. The van der Waals surface area contributed by atoms with Gasteiger partial charge in [0.25, 0.3) is 0 Å². The highest BCUT2D eigenvalue weighted by Gasteiger charge is 2.17. The molecular formula is C10H11NO3. The second kappa shape index (κ2) is 4.50. The van der Waals surface area contributed by atoms with Crippen LogP contribution >= 0.6 is 0 Å². The van der Waals surface area contributed by atoms with E-state index in [-0.39, 0.29) is 5.69 Å². The van der Waals surface area contributed by atoms with E-state index in [1.807, 2.05) is 0 Å². The van der Waals surface area contributed by atoms with Gasteiger partial charge in [-0.3, -0.25) is 14.6 Å². The van der Waals surface area contributed by atoms with Gasteiger partial charge in [0.1, 0.15) is 5.69 Å². The number of carbonyl (C=O) groups excluding carboxylic acids is 1. The minimum absolute atomic E-state index is 0.266. The van der Waals surface area contributed by atoms with Gasteiger partial charge in [-0.2, -0.15) is 0 Å². The first-order chi connectivity index (χ1) is 6.69. The van der Waals surface area contributed by atoms with Gasteiger partial charge in [-0.1, -0.05) is 6.92 Å². The molecule has 14 heavy (non-hydrogen) atoms. The van der Waals surface area contributed by atoms with Crippen LogP contribution in [-0.2, 0) is 4.79 Å². The molecule has 1 aromatic heterocycles. The SMILES string of the molecule is CCC(C(=O)O)c1ccnc(C=O)c1. The predicted octanol–water partition coefficient (Wildman–Crippen LogP) is 1.47. The second-order valence-corrected chi connectivity index (χ2v) is 2.93. The van der Waals surface area contributed by atoms with Crippen molar-refractivity contribution in [1.82, 2.24) is 4.98 Å². The van der Waals surface area contributed by atoms with Crippen LogP contribution in [0.1, 0.15) is 35.3 Å². The summed E-state index contributed by atoms with van der Waals surface area (Å²) in [5.41, 5.74) is 0.888. The normalized spacial score (nSPS) is 12.1. The van der Waals surface area contributed by atoms with Gasteiger partial charge >= 0.3 is 5.97 Å². The Bertz CT molecular complexity index is 349. The lowest BCUT2D eigenvalue weighted by atomic mass is 9.97. The Morgan fingerprint density at radius 3 is 2.93 bits per heavy atom. The van der Waals surface area contributed by atoms with Crippen molar-refractivity contribution in [3.8, 4) is 0 Å². The monoisotopic (exact) mass is 193 g/mol. The molecule has 0 saturated heterocycles. The van der Waals surface area contributed by atoms with Crippen LogP contribution in [0, 0.1) is 0 Å². The van der Waals surface area contributed by atoms with Crippen molar-refractivity contribution in [2.45, 2.75) is 19.3 Å². The number of aliphatic carboxylic acids is 1. The Morgan fingerprint density at radius 1 is 1.71 bits per heavy atom. The van der Waals surface area contributed by atoms with Crippen molar-refractivity contribution < 1.29 is 14.7 Å². The number of aldehydes is 1. The number of aromatic nitrogens is 1. The van der Waals surface area contributed by atoms with Crippen LogP contribution in [0.5, 0.6) is 0 Å². The Labute approximate surface area is 81.6 Å². The smallest absolute Gasteiger partial charge is 0.310 e. The molecule has 4 heteroatoms. The lowest BCUT2D eigenvalue weighted by Crippen LogP contribution is -2.10. The van der Waals surface area contributed by atoms with Crippen molar-refractivity contribution in [2.75, 3.05) is 0 Å². The third kappa shape index (κ3) is 2.16. The zero-order chi connectivity index (χ0) is 10.6. The van der Waals surface area contributed by atoms with E-state index in [4.69, 9.17) is 5.11 Å². The lowest BCUT2D eigenvalue weighted by Gasteiger charge is -2.09. The molecule has 0 aliphatic rings. The van der Waals surface area contributed by atoms with Crippen molar-refractivity contribution in [2.24, 2.45) is 0 Å². The largest absolute Gasteiger partial charge is 0.481 e. The van der Waals surface area contributed by atoms with E-state index in [9.17, 15) is 9.59 Å². The highest BCUT2D eigenvalue weighted by molar-refractivity contribution is 5.77. The highest BCUT2D eigenvalue weighted by Crippen LogP contribution is 2.19. The van der Waals surface area contributed by atoms with Gasteiger partial charge < -0.3 is 5.11 Å². The summed E-state index contributed by atoms with van der Waals surface area (Å²) < 4.78 is 0. The molecule has 1 heterocycles. The number of nitrogens with zero attached hydrogens (tertiary/aromatic N) is 1. The maximum Gasteiger partial charge on any atom is 0.310 e. The molecule has 0 radical (unpaired) electrons. The molecule has 1 aromatic rings. The molecule has 0 aliphatic heterocycles. The van der Waals surface area contributed by atoms with Crippen LogP contribution < -0.4 is 0 Å². The van der Waals surface area contributed by atoms with E-state index in [2.05, 4.69) is 4.98 Å². The highest BCUT2D eigenvalue weighted by atomic mass is 16.4. The first kappa shape index (κ1) is 10.4. The number of carbonyl (C=O) groups is 2. The summed E-state index contributed by atoms with van der Waals surface area (Å²) in [4.78, 5) is 25.0. The Morgan fingerprint density at radius 2 is 2.43 bits per heavy atom. The maximum atomic E-state index is 10.8. The molecular weight excluding hydrogens is 182 g/mol. The first-order valence-corrected chi connectivity index (χ1v) is 4.33. The van der Waals surface area contributed by atoms with Crippen LogP contribution in [0.2, 0.25) is 0 Å². The van der Waals surface area contributed by atoms with Crippen molar-refractivity contribution in [1.29, 1.82) is 0 Å². The number of carboxylic acid groups (broad SMARTS) is 1. The average Bonchev–Trinajstić information content (AvgIpc) is 2.19. The molecule has 0 fully saturated rings. The van der Waals surface area contributed by atoms with Crippen molar-refractivity contribution in [3.63, 3.8) is 0 Å². The summed E-state index contributed by atoms with van der Waals surface area (Å²) in [6.07, 6.45) is 2.56. The summed E-state index contributed by atoms with van der Waals surface area (Å²) in [7, 11) is 0. The minimum atomic E-state index is -0.879. The van der Waals surface area contributed by atoms with Crippen LogP contribution in [-0.4, -0.2) is 22.3 Å². The molecule has 0 saturated carbocycles. The summed E-state index contributed by atoms with van der Waals surface area (Å²) in [5.74, 6) is -1.44. The summed E-state index contributed by atoms with van der Waals surface area (Å²) in [6, 6.07) is 3.13.